The Hall–Kier alpha value is -4.09. The van der Waals surface area contributed by atoms with E-state index in [0.29, 0.717) is 6.42 Å². The number of carbonyl (C=O) groups is 1. The zero-order valence-electron chi connectivity index (χ0n) is 18.5. The molecule has 0 aliphatic heterocycles. The zero-order chi connectivity index (χ0) is 23.2. The van der Waals surface area contributed by atoms with Gasteiger partial charge in [-0.05, 0) is 35.4 Å². The molecule has 1 amide bonds. The number of hydrogen-bond acceptors (Lipinski definition) is 4. The molecule has 2 aromatic heterocycles. The number of rotatable bonds is 7. The van der Waals surface area contributed by atoms with Crippen molar-refractivity contribution in [2.75, 3.05) is 5.32 Å². The third-order valence-electron chi connectivity index (χ3n) is 5.62. The Morgan fingerprint density at radius 3 is 2.18 bits per heavy atom. The van der Waals surface area contributed by atoms with Crippen LogP contribution in [0, 0.1) is 0 Å². The van der Waals surface area contributed by atoms with E-state index in [1.165, 1.54) is 0 Å². The second kappa shape index (κ2) is 10.2. The monoisotopic (exact) mass is 461 g/mol. The smallest absolute Gasteiger partial charge is 0.225 e. The maximum atomic E-state index is 13.1. The van der Waals surface area contributed by atoms with E-state index in [9.17, 15) is 4.79 Å². The van der Waals surface area contributed by atoms with Crippen LogP contribution in [0.15, 0.2) is 115 Å². The first-order valence-corrected chi connectivity index (χ1v) is 12.0. The fraction of sp³-hybridized carbons (Fsp3) is 0.0690. The average molecular weight is 462 g/mol. The second-order valence-corrected chi connectivity index (χ2v) is 8.82. The third-order valence-corrected chi connectivity index (χ3v) is 6.49. The summed E-state index contributed by atoms with van der Waals surface area (Å²) in [5, 5.41) is 5.98. The fourth-order valence-corrected chi connectivity index (χ4v) is 4.77. The lowest BCUT2D eigenvalue weighted by Crippen LogP contribution is -2.16. The van der Waals surface area contributed by atoms with Gasteiger partial charge < -0.3 is 5.32 Å². The van der Waals surface area contributed by atoms with Crippen molar-refractivity contribution in [3.63, 3.8) is 0 Å². The largest absolute Gasteiger partial charge is 0.326 e. The number of benzene rings is 3. The van der Waals surface area contributed by atoms with E-state index in [1.807, 2.05) is 84.2 Å². The lowest BCUT2D eigenvalue weighted by atomic mass is 9.88. The summed E-state index contributed by atoms with van der Waals surface area (Å²) in [6, 6.07) is 34.0. The predicted molar refractivity (Wildman–Crippen MR) is 139 cm³/mol. The molecule has 0 radical (unpaired) electrons. The Kier molecular flexibility index (Phi) is 6.54. The molecule has 2 heterocycles. The van der Waals surface area contributed by atoms with Gasteiger partial charge in [-0.15, -0.1) is 11.3 Å². The molecule has 0 fully saturated rings. The highest BCUT2D eigenvalue weighted by Crippen LogP contribution is 2.30. The molecule has 0 saturated heterocycles. The third kappa shape index (κ3) is 5.11. The molecule has 0 saturated carbocycles. The number of hydrogen-bond donors (Lipinski definition) is 1. The van der Waals surface area contributed by atoms with Gasteiger partial charge in [-0.3, -0.25) is 9.78 Å². The van der Waals surface area contributed by atoms with Crippen LogP contribution in [-0.2, 0) is 4.79 Å². The number of nitrogens with zero attached hydrogens (tertiary/aromatic N) is 2. The quantitative estimate of drug-likeness (QED) is 0.283. The predicted octanol–water partition coefficient (Wildman–Crippen LogP) is 7.03. The van der Waals surface area contributed by atoms with Gasteiger partial charge in [0.05, 0.1) is 11.4 Å². The van der Waals surface area contributed by atoms with Crippen LogP contribution < -0.4 is 5.32 Å². The molecule has 1 N–H and O–H groups in total. The molecular weight excluding hydrogens is 438 g/mol. The van der Waals surface area contributed by atoms with E-state index in [4.69, 9.17) is 4.98 Å². The van der Waals surface area contributed by atoms with Crippen LogP contribution in [0.5, 0.6) is 0 Å². The summed E-state index contributed by atoms with van der Waals surface area (Å²) in [4.78, 5) is 22.2. The molecule has 0 aliphatic carbocycles. The van der Waals surface area contributed by atoms with Crippen LogP contribution in [0.2, 0.25) is 0 Å². The summed E-state index contributed by atoms with van der Waals surface area (Å²) in [5.74, 6) is -0.0348. The first-order chi connectivity index (χ1) is 16.8. The Bertz CT molecular complexity index is 1330. The van der Waals surface area contributed by atoms with Gasteiger partial charge in [0.25, 0.3) is 0 Å². The second-order valence-electron chi connectivity index (χ2n) is 7.96. The molecule has 0 aliphatic rings. The fourth-order valence-electron chi connectivity index (χ4n) is 3.97. The van der Waals surface area contributed by atoms with Gasteiger partial charge in [0.2, 0.25) is 5.91 Å². The molecule has 34 heavy (non-hydrogen) atoms. The molecule has 0 bridgehead atoms. The minimum absolute atomic E-state index is 0.00921. The summed E-state index contributed by atoms with van der Waals surface area (Å²) in [6.45, 7) is 0. The van der Waals surface area contributed by atoms with Gasteiger partial charge >= 0.3 is 0 Å². The highest BCUT2D eigenvalue weighted by molar-refractivity contribution is 7.13. The van der Waals surface area contributed by atoms with E-state index in [1.54, 1.807) is 17.5 Å². The SMILES string of the molecule is O=C(CC(c1ccccc1)c1ccccc1)Nc1cccc(-c2csc(-c3ccccn3)n2)c1. The maximum Gasteiger partial charge on any atom is 0.225 e. The lowest BCUT2D eigenvalue weighted by Gasteiger charge is -2.18. The van der Waals surface area contributed by atoms with E-state index in [-0.39, 0.29) is 11.8 Å². The van der Waals surface area contributed by atoms with Gasteiger partial charge in [-0.2, -0.15) is 0 Å². The number of pyridine rings is 1. The highest BCUT2D eigenvalue weighted by Gasteiger charge is 2.18. The van der Waals surface area contributed by atoms with Crippen LogP contribution in [0.1, 0.15) is 23.5 Å². The van der Waals surface area contributed by atoms with Crippen LogP contribution in [0.3, 0.4) is 0 Å². The number of thiazole rings is 1. The number of anilines is 1. The van der Waals surface area contributed by atoms with Crippen molar-refractivity contribution in [1.29, 1.82) is 0 Å². The molecule has 0 spiro atoms. The molecule has 5 aromatic rings. The molecule has 5 heteroatoms. The average Bonchev–Trinajstić information content (AvgIpc) is 3.40. The summed E-state index contributed by atoms with van der Waals surface area (Å²) < 4.78 is 0. The summed E-state index contributed by atoms with van der Waals surface area (Å²) >= 11 is 1.56. The number of carbonyl (C=O) groups excluding carboxylic acids is 1. The van der Waals surface area contributed by atoms with Gasteiger partial charge in [0, 0.05) is 35.2 Å². The van der Waals surface area contributed by atoms with Crippen molar-refractivity contribution >= 4 is 22.9 Å². The van der Waals surface area contributed by atoms with Crippen molar-refractivity contribution in [2.24, 2.45) is 0 Å². The number of nitrogens with one attached hydrogen (secondary N) is 1. The summed E-state index contributed by atoms with van der Waals surface area (Å²) in [7, 11) is 0. The van der Waals surface area contributed by atoms with Gasteiger partial charge in [0.15, 0.2) is 0 Å². The maximum absolute atomic E-state index is 13.1. The molecule has 166 valence electrons. The minimum Gasteiger partial charge on any atom is -0.326 e. The lowest BCUT2D eigenvalue weighted by molar-refractivity contribution is -0.116. The van der Waals surface area contributed by atoms with Crippen LogP contribution in [0.4, 0.5) is 5.69 Å². The summed E-state index contributed by atoms with van der Waals surface area (Å²) in [5.41, 5.74) is 5.70. The Balaban J connectivity index is 1.33. The number of amides is 1. The molecule has 3 aromatic carbocycles. The molecule has 5 rings (SSSR count). The first kappa shape index (κ1) is 21.7. The van der Waals surface area contributed by atoms with Crippen molar-refractivity contribution in [2.45, 2.75) is 12.3 Å². The van der Waals surface area contributed by atoms with Crippen molar-refractivity contribution < 1.29 is 4.79 Å². The van der Waals surface area contributed by atoms with Crippen LogP contribution in [0.25, 0.3) is 22.0 Å². The molecule has 4 nitrogen and oxygen atoms in total. The van der Waals surface area contributed by atoms with E-state index >= 15 is 0 Å². The Morgan fingerprint density at radius 1 is 0.794 bits per heavy atom. The number of aromatic nitrogens is 2. The zero-order valence-corrected chi connectivity index (χ0v) is 19.3. The van der Waals surface area contributed by atoms with Crippen molar-refractivity contribution in [1.82, 2.24) is 9.97 Å². The van der Waals surface area contributed by atoms with Gasteiger partial charge in [0.1, 0.15) is 5.01 Å². The Morgan fingerprint density at radius 2 is 1.50 bits per heavy atom. The van der Waals surface area contributed by atoms with E-state index in [2.05, 4.69) is 34.6 Å². The standard InChI is InChI=1S/C29H23N3OS/c33-28(19-25(21-10-3-1-4-11-21)22-12-5-2-6-13-22)31-24-15-9-14-23(18-24)27-20-34-29(32-27)26-16-7-8-17-30-26/h1-18,20,25H,19H2,(H,31,33). The topological polar surface area (TPSA) is 54.9 Å². The minimum atomic E-state index is -0.0256. The molecular formula is C29H23N3OS. The van der Waals surface area contributed by atoms with Crippen LogP contribution in [-0.4, -0.2) is 15.9 Å². The first-order valence-electron chi connectivity index (χ1n) is 11.1. The Labute approximate surface area is 203 Å². The van der Waals surface area contributed by atoms with Crippen LogP contribution >= 0.6 is 11.3 Å². The summed E-state index contributed by atoms with van der Waals surface area (Å²) in [6.07, 6.45) is 2.13. The molecule has 0 atom stereocenters. The molecule has 0 unspecified atom stereocenters. The van der Waals surface area contributed by atoms with Crippen molar-refractivity contribution in [3.05, 3.63) is 126 Å². The highest BCUT2D eigenvalue weighted by atomic mass is 32.1. The van der Waals surface area contributed by atoms with Gasteiger partial charge in [-0.1, -0.05) is 78.9 Å². The van der Waals surface area contributed by atoms with E-state index in [0.717, 1.165) is 38.8 Å². The van der Waals surface area contributed by atoms with Gasteiger partial charge in [-0.25, -0.2) is 4.98 Å². The normalized spacial score (nSPS) is 10.9. The van der Waals surface area contributed by atoms with Crippen molar-refractivity contribution in [3.8, 4) is 22.0 Å². The van der Waals surface area contributed by atoms with E-state index < -0.39 is 0 Å².